The molecule has 3 N–H and O–H groups in total. The van der Waals surface area contributed by atoms with Gasteiger partial charge in [0.15, 0.2) is 0 Å². The van der Waals surface area contributed by atoms with E-state index in [1.165, 1.54) is 0 Å². The number of hydrogen-bond donors (Lipinski definition) is 3. The van der Waals surface area contributed by atoms with Crippen molar-refractivity contribution < 1.29 is 24.8 Å². The fourth-order valence-electron chi connectivity index (χ4n) is 0.542. The average molecular weight is 240 g/mol. The van der Waals surface area contributed by atoms with E-state index in [1.54, 1.807) is 0 Å². The molecule has 0 saturated carbocycles. The van der Waals surface area contributed by atoms with Crippen LogP contribution in [0.4, 0.5) is 0 Å². The normalized spacial score (nSPS) is 8.62. The summed E-state index contributed by atoms with van der Waals surface area (Å²) in [4.78, 5) is 0. The zero-order chi connectivity index (χ0) is 13.1. The van der Waals surface area contributed by atoms with Gasteiger partial charge in [-0.3, -0.25) is 0 Å². The summed E-state index contributed by atoms with van der Waals surface area (Å²) in [7, 11) is 0. The van der Waals surface area contributed by atoms with E-state index in [1.807, 2.05) is 20.8 Å². The van der Waals surface area contributed by atoms with Gasteiger partial charge in [0, 0.05) is 6.61 Å². The molecule has 0 aliphatic carbocycles. The third-order valence-electron chi connectivity index (χ3n) is 1.06. The summed E-state index contributed by atoms with van der Waals surface area (Å²) >= 11 is 0. The molecule has 0 atom stereocenters. The van der Waals surface area contributed by atoms with Crippen molar-refractivity contribution in [3.05, 3.63) is 0 Å². The van der Waals surface area contributed by atoms with Crippen molar-refractivity contribution >= 4 is 0 Å². The van der Waals surface area contributed by atoms with Crippen LogP contribution in [-0.4, -0.2) is 61.6 Å². The van der Waals surface area contributed by atoms with Crippen LogP contribution in [0.5, 0.6) is 0 Å². The molecule has 0 rings (SSSR count). The monoisotopic (exact) mass is 240 g/mol. The van der Waals surface area contributed by atoms with Crippen LogP contribution in [0.2, 0.25) is 0 Å². The molecular weight excluding hydrogens is 212 g/mol. The van der Waals surface area contributed by atoms with Gasteiger partial charge in [-0.05, 0) is 6.42 Å². The largest absolute Gasteiger partial charge is 0.394 e. The van der Waals surface area contributed by atoms with Crippen molar-refractivity contribution in [1.82, 2.24) is 0 Å². The van der Waals surface area contributed by atoms with Gasteiger partial charge in [0.25, 0.3) is 0 Å². The molecule has 0 heterocycles. The van der Waals surface area contributed by atoms with Crippen LogP contribution in [0.15, 0.2) is 0 Å². The van der Waals surface area contributed by atoms with Crippen molar-refractivity contribution in [2.75, 3.05) is 46.2 Å². The van der Waals surface area contributed by atoms with Gasteiger partial charge in [0.2, 0.25) is 0 Å². The lowest BCUT2D eigenvalue weighted by molar-refractivity contribution is 0.0650. The molecular formula is C11H28O5. The molecule has 5 heteroatoms. The Bertz CT molecular complexity index is 62.8. The maximum Gasteiger partial charge on any atom is 0.0698 e. The summed E-state index contributed by atoms with van der Waals surface area (Å²) < 4.78 is 9.51. The Morgan fingerprint density at radius 3 is 1.25 bits per heavy atom. The first-order valence-corrected chi connectivity index (χ1v) is 5.81. The van der Waals surface area contributed by atoms with Crippen LogP contribution >= 0.6 is 0 Å². The smallest absolute Gasteiger partial charge is 0.0698 e. The highest BCUT2D eigenvalue weighted by Gasteiger charge is 1.79. The predicted molar refractivity (Wildman–Crippen MR) is 64.5 cm³/mol. The standard InChI is InChI=1S/C5H12O2.C4H10O3.C2H6/c1-2-4-7-5-3-6;5-1-3-7-4-2-6;1-2/h6H,2-5H2,1H3;5-6H,1-4H2;1-2H3. The topological polar surface area (TPSA) is 79.2 Å². The molecule has 0 spiro atoms. The van der Waals surface area contributed by atoms with E-state index >= 15 is 0 Å². The third kappa shape index (κ3) is 37.2. The van der Waals surface area contributed by atoms with Gasteiger partial charge < -0.3 is 24.8 Å². The number of aliphatic hydroxyl groups is 3. The predicted octanol–water partition coefficient (Wildman–Crippen LogP) is 0.419. The molecule has 0 aliphatic rings. The van der Waals surface area contributed by atoms with Crippen LogP contribution in [-0.2, 0) is 9.47 Å². The number of hydrogen-bond acceptors (Lipinski definition) is 5. The molecule has 0 saturated heterocycles. The molecule has 0 unspecified atom stereocenters. The lowest BCUT2D eigenvalue weighted by atomic mass is 10.5. The summed E-state index contributed by atoms with van der Waals surface area (Å²) in [6.07, 6.45) is 1.03. The van der Waals surface area contributed by atoms with Crippen molar-refractivity contribution in [2.24, 2.45) is 0 Å². The molecule has 0 fully saturated rings. The highest BCUT2D eigenvalue weighted by atomic mass is 16.5. The van der Waals surface area contributed by atoms with Crippen LogP contribution in [0.1, 0.15) is 27.2 Å². The molecule has 0 aliphatic heterocycles. The van der Waals surface area contributed by atoms with Crippen LogP contribution < -0.4 is 0 Å². The second-order valence-corrected chi connectivity index (χ2v) is 2.40. The molecule has 0 aromatic carbocycles. The van der Waals surface area contributed by atoms with E-state index < -0.39 is 0 Å². The molecule has 102 valence electrons. The molecule has 0 radical (unpaired) electrons. The van der Waals surface area contributed by atoms with E-state index in [4.69, 9.17) is 20.1 Å². The Balaban J connectivity index is -0.000000183. The summed E-state index contributed by atoms with van der Waals surface area (Å²) in [6, 6.07) is 0. The van der Waals surface area contributed by atoms with E-state index in [9.17, 15) is 0 Å². The third-order valence-corrected chi connectivity index (χ3v) is 1.06. The summed E-state index contributed by atoms with van der Waals surface area (Å²) in [6.45, 7) is 8.12. The number of ether oxygens (including phenoxy) is 2. The quantitative estimate of drug-likeness (QED) is 0.536. The van der Waals surface area contributed by atoms with Crippen LogP contribution in [0.3, 0.4) is 0 Å². The van der Waals surface area contributed by atoms with Gasteiger partial charge in [-0.1, -0.05) is 20.8 Å². The minimum atomic E-state index is 0.0278. The second-order valence-electron chi connectivity index (χ2n) is 2.40. The SMILES string of the molecule is CC.CCCOCCO.OCCOCCO. The van der Waals surface area contributed by atoms with E-state index in [2.05, 4.69) is 4.74 Å². The molecule has 5 nitrogen and oxygen atoms in total. The number of aliphatic hydroxyl groups excluding tert-OH is 3. The maximum absolute atomic E-state index is 8.17. The first-order chi connectivity index (χ1) is 7.83. The fraction of sp³-hybridized carbons (Fsp3) is 1.00. The summed E-state index contributed by atoms with van der Waals surface area (Å²) in [5.74, 6) is 0. The molecule has 0 amide bonds. The zero-order valence-electron chi connectivity index (χ0n) is 10.8. The first kappa shape index (κ1) is 21.1. The molecule has 0 aromatic heterocycles. The summed E-state index contributed by atoms with van der Waals surface area (Å²) in [5.41, 5.74) is 0. The second kappa shape index (κ2) is 29.3. The maximum atomic E-state index is 8.17. The lowest BCUT2D eigenvalue weighted by Crippen LogP contribution is -2.03. The van der Waals surface area contributed by atoms with Gasteiger partial charge in [-0.25, -0.2) is 0 Å². The van der Waals surface area contributed by atoms with Crippen LogP contribution in [0.25, 0.3) is 0 Å². The minimum Gasteiger partial charge on any atom is -0.394 e. The lowest BCUT2D eigenvalue weighted by Gasteiger charge is -1.94. The van der Waals surface area contributed by atoms with Gasteiger partial charge in [0.1, 0.15) is 0 Å². The molecule has 0 bridgehead atoms. The fourth-order valence-corrected chi connectivity index (χ4v) is 0.542. The Morgan fingerprint density at radius 1 is 0.688 bits per heavy atom. The molecule has 0 aromatic rings. The van der Waals surface area contributed by atoms with Gasteiger partial charge in [-0.15, -0.1) is 0 Å². The van der Waals surface area contributed by atoms with Crippen molar-refractivity contribution in [2.45, 2.75) is 27.2 Å². The van der Waals surface area contributed by atoms with Crippen molar-refractivity contribution in [3.8, 4) is 0 Å². The highest BCUT2D eigenvalue weighted by Crippen LogP contribution is 1.76. The molecule has 16 heavy (non-hydrogen) atoms. The summed E-state index contributed by atoms with van der Waals surface area (Å²) in [5, 5.41) is 24.3. The highest BCUT2D eigenvalue weighted by molar-refractivity contribution is 4.25. The Morgan fingerprint density at radius 2 is 1.00 bits per heavy atom. The Kier molecular flexibility index (Phi) is 38.7. The van der Waals surface area contributed by atoms with E-state index in [0.717, 1.165) is 13.0 Å². The van der Waals surface area contributed by atoms with Gasteiger partial charge in [-0.2, -0.15) is 0 Å². The average Bonchev–Trinajstić information content (AvgIpc) is 2.34. The van der Waals surface area contributed by atoms with Gasteiger partial charge >= 0.3 is 0 Å². The van der Waals surface area contributed by atoms with Gasteiger partial charge in [0.05, 0.1) is 39.6 Å². The number of rotatable bonds is 8. The first-order valence-electron chi connectivity index (χ1n) is 5.81. The van der Waals surface area contributed by atoms with E-state index in [0.29, 0.717) is 19.8 Å². The van der Waals surface area contributed by atoms with Crippen LogP contribution in [0, 0.1) is 0 Å². The van der Waals surface area contributed by atoms with Crippen molar-refractivity contribution in [3.63, 3.8) is 0 Å². The minimum absolute atomic E-state index is 0.0278. The van der Waals surface area contributed by atoms with Crippen molar-refractivity contribution in [1.29, 1.82) is 0 Å². The zero-order valence-corrected chi connectivity index (χ0v) is 10.8. The Hall–Kier alpha value is -0.200. The van der Waals surface area contributed by atoms with E-state index in [-0.39, 0.29) is 19.8 Å². The Labute approximate surface area is 99.0 Å².